The monoisotopic (exact) mass is 477 g/mol. The van der Waals surface area contributed by atoms with E-state index in [4.69, 9.17) is 46.4 Å². The molecule has 1 atom stereocenters. The first kappa shape index (κ1) is 23.7. The number of amidine groups is 1. The molecular formula is C18H22Cl4F3N3. The lowest BCUT2D eigenvalue weighted by Crippen LogP contribution is -2.53. The Bertz CT molecular complexity index is 727. The van der Waals surface area contributed by atoms with Crippen LogP contribution in [-0.4, -0.2) is 16.2 Å². The molecule has 1 saturated carbocycles. The zero-order valence-electron chi connectivity index (χ0n) is 15.7. The summed E-state index contributed by atoms with van der Waals surface area (Å²) >= 11 is 25.3. The zero-order valence-corrected chi connectivity index (χ0v) is 18.7. The van der Waals surface area contributed by atoms with Gasteiger partial charge in [0.05, 0.1) is 26.7 Å². The van der Waals surface area contributed by atoms with Gasteiger partial charge in [-0.2, -0.15) is 13.2 Å². The fraction of sp³-hybridized carbons (Fsp3) is 0.611. The molecule has 1 aliphatic rings. The SMILES string of the molecule is CC(C)N=C(NNc1c(Cl)cc(C(F)(F)F)cc1Cl)C1(C)CCCCC1(Cl)Cl. The van der Waals surface area contributed by atoms with Gasteiger partial charge in [0.1, 0.15) is 10.2 Å². The lowest BCUT2D eigenvalue weighted by Gasteiger charge is -2.45. The van der Waals surface area contributed by atoms with E-state index in [2.05, 4.69) is 15.8 Å². The first-order valence-corrected chi connectivity index (χ1v) is 10.3. The molecular weight excluding hydrogens is 457 g/mol. The van der Waals surface area contributed by atoms with Gasteiger partial charge in [0.25, 0.3) is 0 Å². The summed E-state index contributed by atoms with van der Waals surface area (Å²) in [5, 5.41) is -0.346. The van der Waals surface area contributed by atoms with Gasteiger partial charge in [-0.3, -0.25) is 15.8 Å². The van der Waals surface area contributed by atoms with Crippen LogP contribution in [0, 0.1) is 5.41 Å². The van der Waals surface area contributed by atoms with Crippen LogP contribution in [0.3, 0.4) is 0 Å². The second kappa shape index (κ2) is 8.66. The fourth-order valence-electron chi connectivity index (χ4n) is 3.12. The molecule has 1 aromatic carbocycles. The van der Waals surface area contributed by atoms with E-state index in [1.165, 1.54) is 0 Å². The number of anilines is 1. The molecule has 1 aromatic rings. The van der Waals surface area contributed by atoms with Crippen molar-refractivity contribution in [1.29, 1.82) is 0 Å². The summed E-state index contributed by atoms with van der Waals surface area (Å²) in [6.07, 6.45) is -1.41. The summed E-state index contributed by atoms with van der Waals surface area (Å²) in [6.45, 7) is 5.71. The van der Waals surface area contributed by atoms with Gasteiger partial charge in [-0.1, -0.05) is 36.0 Å². The van der Waals surface area contributed by atoms with Crippen LogP contribution in [0.4, 0.5) is 18.9 Å². The Morgan fingerprint density at radius 1 is 1.11 bits per heavy atom. The molecule has 1 fully saturated rings. The molecule has 0 heterocycles. The second-order valence-electron chi connectivity index (χ2n) is 7.38. The van der Waals surface area contributed by atoms with Gasteiger partial charge in [0.15, 0.2) is 0 Å². The van der Waals surface area contributed by atoms with Gasteiger partial charge >= 0.3 is 6.18 Å². The van der Waals surface area contributed by atoms with Crippen LogP contribution in [0.5, 0.6) is 0 Å². The van der Waals surface area contributed by atoms with Crippen molar-refractivity contribution in [2.45, 2.75) is 63.0 Å². The molecule has 1 unspecified atom stereocenters. The highest BCUT2D eigenvalue weighted by atomic mass is 35.5. The van der Waals surface area contributed by atoms with E-state index in [0.717, 1.165) is 25.0 Å². The summed E-state index contributed by atoms with van der Waals surface area (Å²) in [6, 6.07) is 1.56. The molecule has 0 bridgehead atoms. The first-order chi connectivity index (χ1) is 12.8. The van der Waals surface area contributed by atoms with Crippen LogP contribution >= 0.6 is 46.4 Å². The van der Waals surface area contributed by atoms with E-state index in [0.29, 0.717) is 18.7 Å². The van der Waals surface area contributed by atoms with Gasteiger partial charge in [-0.05, 0) is 45.7 Å². The summed E-state index contributed by atoms with van der Waals surface area (Å²) in [5.41, 5.74) is 4.25. The van der Waals surface area contributed by atoms with Crippen LogP contribution in [0.25, 0.3) is 0 Å². The summed E-state index contributed by atoms with van der Waals surface area (Å²) in [5.74, 6) is 0.499. The maximum absolute atomic E-state index is 12.9. The summed E-state index contributed by atoms with van der Waals surface area (Å²) in [7, 11) is 0. The van der Waals surface area contributed by atoms with E-state index in [1.807, 2.05) is 20.8 Å². The Labute approximate surface area is 182 Å². The van der Waals surface area contributed by atoms with E-state index < -0.39 is 21.5 Å². The number of halogens is 7. The van der Waals surface area contributed by atoms with Crippen LogP contribution < -0.4 is 10.9 Å². The summed E-state index contributed by atoms with van der Waals surface area (Å²) < 4.78 is 37.7. The average Bonchev–Trinajstić information content (AvgIpc) is 2.54. The largest absolute Gasteiger partial charge is 0.416 e. The third kappa shape index (κ3) is 5.13. The molecule has 2 N–H and O–H groups in total. The Morgan fingerprint density at radius 3 is 2.11 bits per heavy atom. The molecule has 0 aromatic heterocycles. The number of aliphatic imine (C=N–C) groups is 1. The molecule has 2 rings (SSSR count). The van der Waals surface area contributed by atoms with Crippen molar-refractivity contribution >= 4 is 57.9 Å². The number of nitrogens with one attached hydrogen (secondary N) is 2. The van der Waals surface area contributed by atoms with Gasteiger partial charge < -0.3 is 0 Å². The number of hydrogen-bond donors (Lipinski definition) is 2. The van der Waals surface area contributed by atoms with Gasteiger partial charge in [0, 0.05) is 6.04 Å². The topological polar surface area (TPSA) is 36.4 Å². The minimum Gasteiger partial charge on any atom is -0.297 e. The van der Waals surface area contributed by atoms with Crippen molar-refractivity contribution in [1.82, 2.24) is 5.43 Å². The number of benzene rings is 1. The standard InChI is InChI=1S/C18H22Cl4F3N3/c1-10(2)26-15(16(3)6-4-5-7-17(16,21)22)28-27-14-12(19)8-11(9-13(14)20)18(23,24)25/h8-10,27H,4-7H2,1-3H3,(H,26,28). The number of hydrazine groups is 1. The van der Waals surface area contributed by atoms with Crippen molar-refractivity contribution in [3.8, 4) is 0 Å². The quantitative estimate of drug-likeness (QED) is 0.203. The van der Waals surface area contributed by atoms with Crippen LogP contribution in [0.15, 0.2) is 17.1 Å². The van der Waals surface area contributed by atoms with Crippen LogP contribution in [0.2, 0.25) is 10.0 Å². The fourth-order valence-corrected chi connectivity index (χ4v) is 4.34. The normalized spacial score (nSPS) is 23.0. The minimum atomic E-state index is -4.55. The number of alkyl halides is 5. The maximum atomic E-state index is 12.9. The molecule has 0 amide bonds. The van der Waals surface area contributed by atoms with Crippen LogP contribution in [-0.2, 0) is 6.18 Å². The number of nitrogens with zero attached hydrogens (tertiary/aromatic N) is 1. The second-order valence-corrected chi connectivity index (χ2v) is 9.68. The Balaban J connectivity index is 2.33. The number of hydrogen-bond acceptors (Lipinski definition) is 2. The molecule has 0 saturated heterocycles. The van der Waals surface area contributed by atoms with E-state index in [-0.39, 0.29) is 21.8 Å². The van der Waals surface area contributed by atoms with Gasteiger partial charge in [0.2, 0.25) is 0 Å². The minimum absolute atomic E-state index is 0.0641. The van der Waals surface area contributed by atoms with Crippen molar-refractivity contribution < 1.29 is 13.2 Å². The van der Waals surface area contributed by atoms with Gasteiger partial charge in [-0.15, -0.1) is 23.2 Å². The molecule has 28 heavy (non-hydrogen) atoms. The first-order valence-electron chi connectivity index (χ1n) is 8.82. The highest BCUT2D eigenvalue weighted by Crippen LogP contribution is 2.52. The van der Waals surface area contributed by atoms with E-state index >= 15 is 0 Å². The smallest absolute Gasteiger partial charge is 0.297 e. The molecule has 10 heteroatoms. The third-order valence-corrected chi connectivity index (χ3v) is 6.62. The van der Waals surface area contributed by atoms with Crippen molar-refractivity contribution in [3.63, 3.8) is 0 Å². The lowest BCUT2D eigenvalue weighted by molar-refractivity contribution is -0.137. The van der Waals surface area contributed by atoms with Crippen LogP contribution in [0.1, 0.15) is 52.0 Å². The Kier molecular flexibility index (Phi) is 7.34. The lowest BCUT2D eigenvalue weighted by atomic mass is 9.73. The Morgan fingerprint density at radius 2 is 1.64 bits per heavy atom. The van der Waals surface area contributed by atoms with E-state index in [9.17, 15) is 13.2 Å². The predicted octanol–water partition coefficient (Wildman–Crippen LogP) is 7.49. The molecule has 1 aliphatic carbocycles. The summed E-state index contributed by atoms with van der Waals surface area (Å²) in [4.78, 5) is 4.61. The molecule has 0 aliphatic heterocycles. The maximum Gasteiger partial charge on any atom is 0.416 e. The molecule has 0 radical (unpaired) electrons. The average molecular weight is 479 g/mol. The zero-order chi connectivity index (χ0) is 21.3. The number of rotatable bonds is 4. The van der Waals surface area contributed by atoms with Crippen molar-refractivity contribution in [2.75, 3.05) is 5.43 Å². The molecule has 0 spiro atoms. The van der Waals surface area contributed by atoms with Crippen molar-refractivity contribution in [3.05, 3.63) is 27.7 Å². The van der Waals surface area contributed by atoms with E-state index in [1.54, 1.807) is 0 Å². The molecule has 3 nitrogen and oxygen atoms in total. The van der Waals surface area contributed by atoms with Crippen molar-refractivity contribution in [2.24, 2.45) is 10.4 Å². The van der Waals surface area contributed by atoms with Gasteiger partial charge in [-0.25, -0.2) is 0 Å². The molecule has 158 valence electrons. The highest BCUT2D eigenvalue weighted by molar-refractivity contribution is 6.50. The Hall–Kier alpha value is -0.560. The highest BCUT2D eigenvalue weighted by Gasteiger charge is 2.51. The third-order valence-electron chi connectivity index (χ3n) is 4.81. The predicted molar refractivity (Wildman–Crippen MR) is 112 cm³/mol.